The third-order valence-electron chi connectivity index (χ3n) is 13.7. The van der Waals surface area contributed by atoms with Crippen LogP contribution in [0.1, 0.15) is 16.7 Å². The second-order valence-electron chi connectivity index (χ2n) is 19.6. The van der Waals surface area contributed by atoms with Gasteiger partial charge in [0.15, 0.2) is 0 Å². The molecule has 0 atom stereocenters. The zero-order valence-corrected chi connectivity index (χ0v) is 47.8. The molecule has 0 spiro atoms. The van der Waals surface area contributed by atoms with Gasteiger partial charge in [0.2, 0.25) is 0 Å². The van der Waals surface area contributed by atoms with E-state index in [4.69, 9.17) is 14.2 Å². The quantitative estimate of drug-likeness (QED) is 0.0837. The average molecular weight is 1140 g/mol. The summed E-state index contributed by atoms with van der Waals surface area (Å²) in [6.07, 6.45) is 0. The maximum absolute atomic E-state index is 14.0. The number of para-hydroxylation sites is 4. The van der Waals surface area contributed by atoms with Crippen LogP contribution in [0.5, 0.6) is 0 Å². The van der Waals surface area contributed by atoms with E-state index in [0.717, 1.165) is 72.5 Å². The number of hydrogen-bond donors (Lipinski definition) is 0. The van der Waals surface area contributed by atoms with Gasteiger partial charge >= 0.3 is 23.9 Å². The van der Waals surface area contributed by atoms with Crippen molar-refractivity contribution in [3.63, 3.8) is 0 Å². The molecule has 0 aliphatic heterocycles. The molecule has 0 aliphatic carbocycles. The van der Waals surface area contributed by atoms with E-state index in [0.29, 0.717) is 16.6 Å². The largest absolute Gasteiger partial charge is 0.468 e. The number of nitrogens with zero attached hydrogens (tertiary/aromatic N) is 8. The first-order valence-electron chi connectivity index (χ1n) is 26.9. The molecule has 4 heterocycles. The molecular weight excluding hydrogens is 1080 g/mol. The minimum Gasteiger partial charge on any atom is -0.468 e. The number of aromatic nitrogens is 8. The van der Waals surface area contributed by atoms with Crippen LogP contribution in [0.3, 0.4) is 0 Å². The lowest BCUT2D eigenvalue weighted by Gasteiger charge is -2.01. The lowest BCUT2D eigenvalue weighted by molar-refractivity contribution is -0.142. The van der Waals surface area contributed by atoms with Crippen molar-refractivity contribution < 1.29 is 46.9 Å². The molecule has 4 aromatic heterocycles. The van der Waals surface area contributed by atoms with Crippen LogP contribution in [0.2, 0.25) is 0 Å². The van der Waals surface area contributed by atoms with Gasteiger partial charge in [-0.25, -0.2) is 8.78 Å². The van der Waals surface area contributed by atoms with Crippen molar-refractivity contribution in [2.45, 2.75) is 47.0 Å². The van der Waals surface area contributed by atoms with E-state index < -0.39 is 17.6 Å². The maximum atomic E-state index is 14.0. The second kappa shape index (κ2) is 27.0. The summed E-state index contributed by atoms with van der Waals surface area (Å²) in [6.45, 7) is 6.42. The first-order chi connectivity index (χ1) is 41.2. The Morgan fingerprint density at radius 2 is 0.635 bits per heavy atom. The van der Waals surface area contributed by atoms with E-state index in [1.807, 2.05) is 109 Å². The number of esters is 4. The van der Waals surface area contributed by atoms with E-state index in [1.165, 1.54) is 61.9 Å². The third kappa shape index (κ3) is 13.8. The Kier molecular flexibility index (Phi) is 18.7. The highest BCUT2D eigenvalue weighted by atomic mass is 19.1. The lowest BCUT2D eigenvalue weighted by Crippen LogP contribution is -2.12. The van der Waals surface area contributed by atoms with Crippen molar-refractivity contribution >= 4 is 67.5 Å². The Labute approximate surface area is 488 Å². The number of benzene rings is 8. The zero-order chi connectivity index (χ0) is 60.1. The number of hydrogen-bond acceptors (Lipinski definition) is 12. The van der Waals surface area contributed by atoms with Crippen molar-refractivity contribution in [3.05, 3.63) is 216 Å². The molecule has 0 N–H and O–H groups in total. The fraction of sp³-hybridized carbons (Fsp3) is 0.164. The number of carbonyl (C=O) groups is 4. The van der Waals surface area contributed by atoms with Crippen LogP contribution in [-0.4, -0.2) is 91.4 Å². The fourth-order valence-electron chi connectivity index (χ4n) is 9.64. The average Bonchev–Trinajstić information content (AvgIpc) is 3.54. The minimum atomic E-state index is -0.700. The molecule has 0 unspecified atom stereocenters. The standard InChI is InChI=1S/3C17H16N2O2.C16H12F2N2O2/c3*1-12-6-5-7-13(10-12)17-14-8-3-4-9-15(14)19(18-17)11-16(20)21-2;1-22-15(21)9-20-14-5-3-2-4-12(14)16(19-20)11-7-6-10(17)8-13(11)18/h3*3-10H,11H2,1-2H3;2-8H,9H2,1H3. The zero-order valence-electron chi connectivity index (χ0n) is 47.8. The SMILES string of the molecule is COC(=O)Cn1nc(-c2ccc(F)cc2F)c2ccccc21.COC(=O)Cn1nc(-c2cccc(C)c2)c2ccccc21.COC(=O)Cn1nc(-c2cccc(C)c2)c2ccccc21.COC(=O)Cn1nc(-c2cccc(C)c2)c2ccccc21. The van der Waals surface area contributed by atoms with Gasteiger partial charge in [-0.05, 0) is 75.4 Å². The molecule has 12 rings (SSSR count). The van der Waals surface area contributed by atoms with Gasteiger partial charge in [-0.15, -0.1) is 0 Å². The highest BCUT2D eigenvalue weighted by Crippen LogP contribution is 2.33. The summed E-state index contributed by atoms with van der Waals surface area (Å²) in [5, 5.41) is 21.9. The third-order valence-corrected chi connectivity index (χ3v) is 13.7. The number of fused-ring (bicyclic) bond motifs is 4. The summed E-state index contributed by atoms with van der Waals surface area (Å²) in [5.41, 5.74) is 13.4. The summed E-state index contributed by atoms with van der Waals surface area (Å²) in [5.74, 6) is -2.73. The second-order valence-corrected chi connectivity index (χ2v) is 19.6. The molecule has 0 amide bonds. The van der Waals surface area contributed by atoms with Crippen LogP contribution < -0.4 is 0 Å². The molecule has 0 aliphatic rings. The Hall–Kier alpha value is -10.6. The molecule has 0 saturated heterocycles. The predicted molar refractivity (Wildman–Crippen MR) is 323 cm³/mol. The van der Waals surface area contributed by atoms with Gasteiger partial charge < -0.3 is 18.9 Å². The molecule has 0 saturated carbocycles. The first-order valence-corrected chi connectivity index (χ1v) is 26.9. The molecule has 430 valence electrons. The normalized spacial score (nSPS) is 10.8. The van der Waals surface area contributed by atoms with Crippen molar-refractivity contribution in [1.82, 2.24) is 39.1 Å². The van der Waals surface area contributed by atoms with Crippen LogP contribution in [0.25, 0.3) is 88.6 Å². The highest BCUT2D eigenvalue weighted by Gasteiger charge is 2.20. The van der Waals surface area contributed by atoms with Crippen molar-refractivity contribution in [3.8, 4) is 45.0 Å². The van der Waals surface area contributed by atoms with E-state index in [2.05, 4.69) is 82.3 Å². The summed E-state index contributed by atoms with van der Waals surface area (Å²) >= 11 is 0. The Bertz CT molecular complexity index is 4060. The van der Waals surface area contributed by atoms with Gasteiger partial charge in [0, 0.05) is 49.9 Å². The molecule has 0 radical (unpaired) electrons. The van der Waals surface area contributed by atoms with Crippen LogP contribution in [0.4, 0.5) is 8.78 Å². The minimum absolute atomic E-state index is 0.0835. The number of halogens is 2. The predicted octanol–water partition coefficient (Wildman–Crippen LogP) is 12.7. The fourth-order valence-corrected chi connectivity index (χ4v) is 9.64. The van der Waals surface area contributed by atoms with Gasteiger partial charge in [0.25, 0.3) is 0 Å². The Morgan fingerprint density at radius 3 is 0.918 bits per heavy atom. The van der Waals surface area contributed by atoms with Crippen molar-refractivity contribution in [2.24, 2.45) is 0 Å². The number of rotatable bonds is 12. The van der Waals surface area contributed by atoms with E-state index in [1.54, 1.807) is 38.3 Å². The maximum Gasteiger partial charge on any atom is 0.327 e. The van der Waals surface area contributed by atoms with Crippen LogP contribution in [0, 0.1) is 32.4 Å². The number of methoxy groups -OCH3 is 4. The van der Waals surface area contributed by atoms with Crippen molar-refractivity contribution in [2.75, 3.05) is 28.4 Å². The number of carbonyl (C=O) groups excluding carboxylic acids is 4. The van der Waals surface area contributed by atoms with Crippen LogP contribution in [-0.2, 0) is 64.3 Å². The van der Waals surface area contributed by atoms with Crippen LogP contribution >= 0.6 is 0 Å². The molecule has 16 nitrogen and oxygen atoms in total. The first kappa shape index (κ1) is 59.0. The van der Waals surface area contributed by atoms with Gasteiger partial charge in [-0.1, -0.05) is 144 Å². The topological polar surface area (TPSA) is 176 Å². The Balaban J connectivity index is 0.000000136. The highest BCUT2D eigenvalue weighted by molar-refractivity contribution is 5.97. The number of aryl methyl sites for hydroxylation is 3. The molecule has 85 heavy (non-hydrogen) atoms. The van der Waals surface area contributed by atoms with Crippen LogP contribution in [0.15, 0.2) is 188 Å². The smallest absolute Gasteiger partial charge is 0.327 e. The summed E-state index contributed by atoms with van der Waals surface area (Å²) in [7, 11) is 5.44. The van der Waals surface area contributed by atoms with E-state index >= 15 is 0 Å². The summed E-state index contributed by atoms with van der Waals surface area (Å²) in [6, 6.07) is 58.7. The van der Waals surface area contributed by atoms with E-state index in [-0.39, 0.29) is 49.7 Å². The molecular formula is C67H60F2N8O8. The van der Waals surface area contributed by atoms with Crippen molar-refractivity contribution in [1.29, 1.82) is 0 Å². The molecule has 12 aromatic rings. The van der Waals surface area contributed by atoms with Gasteiger partial charge in [-0.2, -0.15) is 20.4 Å². The van der Waals surface area contributed by atoms with E-state index in [9.17, 15) is 28.0 Å². The Morgan fingerprint density at radius 1 is 0.353 bits per heavy atom. The molecule has 18 heteroatoms. The van der Waals surface area contributed by atoms with Gasteiger partial charge in [0.05, 0.1) is 50.5 Å². The molecule has 0 fully saturated rings. The summed E-state index contributed by atoms with van der Waals surface area (Å²) in [4.78, 5) is 46.1. The lowest BCUT2D eigenvalue weighted by atomic mass is 10.1. The van der Waals surface area contributed by atoms with Gasteiger partial charge in [-0.3, -0.25) is 37.9 Å². The molecule has 8 aromatic carbocycles. The number of ether oxygens (including phenoxy) is 4. The monoisotopic (exact) mass is 1140 g/mol. The molecule has 0 bridgehead atoms. The summed E-state index contributed by atoms with van der Waals surface area (Å²) < 4.78 is 52.5. The van der Waals surface area contributed by atoms with Gasteiger partial charge in [0.1, 0.15) is 60.6 Å².